The maximum Gasteiger partial charge on any atom is 0.510 e. The van der Waals surface area contributed by atoms with E-state index in [9.17, 15) is 9.59 Å². The van der Waals surface area contributed by atoms with E-state index in [1.165, 1.54) is 14.0 Å². The van der Waals surface area contributed by atoms with Gasteiger partial charge in [0.25, 0.3) is 0 Å². The SMILES string of the molecule is C#CCOC(=O)O[C@H](C)C(=O)OC. The largest absolute Gasteiger partial charge is 0.510 e. The first-order valence-corrected chi connectivity index (χ1v) is 3.46. The highest BCUT2D eigenvalue weighted by Gasteiger charge is 2.18. The minimum atomic E-state index is -0.990. The van der Waals surface area contributed by atoms with E-state index in [0.717, 1.165) is 0 Å². The number of carbonyl (C=O) groups excluding carboxylic acids is 2. The first kappa shape index (κ1) is 11.3. The van der Waals surface area contributed by atoms with Gasteiger partial charge in [-0.15, -0.1) is 6.42 Å². The molecule has 0 aromatic rings. The van der Waals surface area contributed by atoms with Crippen molar-refractivity contribution in [3.05, 3.63) is 0 Å². The molecule has 1 atom stereocenters. The molecule has 0 rings (SSSR count). The Hall–Kier alpha value is -1.70. The average molecular weight is 186 g/mol. The highest BCUT2D eigenvalue weighted by atomic mass is 16.7. The number of hydrogen-bond acceptors (Lipinski definition) is 5. The standard InChI is InChI=1S/C8H10O5/c1-4-5-12-8(10)13-6(2)7(9)11-3/h1,6H,5H2,2-3H3/t6-/m1/s1. The number of carbonyl (C=O) groups is 2. The summed E-state index contributed by atoms with van der Waals surface area (Å²) < 4.78 is 13.1. The molecule has 0 spiro atoms. The Balaban J connectivity index is 3.79. The Kier molecular flexibility index (Phi) is 5.12. The Morgan fingerprint density at radius 3 is 2.62 bits per heavy atom. The minimum absolute atomic E-state index is 0.188. The third-order valence-electron chi connectivity index (χ3n) is 1.08. The zero-order valence-electron chi connectivity index (χ0n) is 7.40. The summed E-state index contributed by atoms with van der Waals surface area (Å²) in [5.74, 6) is 1.42. The molecule has 0 saturated carbocycles. The van der Waals surface area contributed by atoms with Crippen LogP contribution >= 0.6 is 0 Å². The van der Waals surface area contributed by atoms with Gasteiger partial charge in [-0.3, -0.25) is 0 Å². The lowest BCUT2D eigenvalue weighted by Crippen LogP contribution is -2.25. The predicted molar refractivity (Wildman–Crippen MR) is 42.7 cm³/mol. The molecule has 0 saturated heterocycles. The molecular formula is C8H10O5. The average Bonchev–Trinajstić information content (AvgIpc) is 2.13. The summed E-state index contributed by atoms with van der Waals surface area (Å²) in [5, 5.41) is 0. The Bertz CT molecular complexity index is 227. The molecular weight excluding hydrogens is 176 g/mol. The molecule has 0 N–H and O–H groups in total. The van der Waals surface area contributed by atoms with Crippen LogP contribution in [0.25, 0.3) is 0 Å². The van der Waals surface area contributed by atoms with Crippen LogP contribution in [0.2, 0.25) is 0 Å². The van der Waals surface area contributed by atoms with E-state index in [1.54, 1.807) is 0 Å². The van der Waals surface area contributed by atoms with Crippen molar-refractivity contribution >= 4 is 12.1 Å². The Labute approximate surface area is 76.0 Å². The zero-order valence-corrected chi connectivity index (χ0v) is 7.40. The second-order valence-corrected chi connectivity index (χ2v) is 2.03. The highest BCUT2D eigenvalue weighted by Crippen LogP contribution is 1.96. The first-order valence-electron chi connectivity index (χ1n) is 3.46. The zero-order chi connectivity index (χ0) is 10.3. The molecule has 0 aromatic carbocycles. The molecule has 5 nitrogen and oxygen atoms in total. The van der Waals surface area contributed by atoms with Gasteiger partial charge in [0, 0.05) is 0 Å². The maximum absolute atomic E-state index is 10.7. The number of rotatable bonds is 3. The van der Waals surface area contributed by atoms with E-state index in [2.05, 4.69) is 20.1 Å². The van der Waals surface area contributed by atoms with Gasteiger partial charge in [0.1, 0.15) is 0 Å². The van der Waals surface area contributed by atoms with Crippen LogP contribution in [-0.4, -0.2) is 31.9 Å². The van der Waals surface area contributed by atoms with Gasteiger partial charge in [0.15, 0.2) is 12.7 Å². The molecule has 0 amide bonds. The quantitative estimate of drug-likeness (QED) is 0.469. The van der Waals surface area contributed by atoms with E-state index in [4.69, 9.17) is 6.42 Å². The molecule has 0 aliphatic heterocycles. The first-order chi connectivity index (χ1) is 6.11. The van der Waals surface area contributed by atoms with Crippen LogP contribution in [0.4, 0.5) is 4.79 Å². The monoisotopic (exact) mass is 186 g/mol. The summed E-state index contributed by atoms with van der Waals surface area (Å²) in [7, 11) is 1.19. The summed E-state index contributed by atoms with van der Waals surface area (Å²) >= 11 is 0. The third-order valence-corrected chi connectivity index (χ3v) is 1.08. The second kappa shape index (κ2) is 5.89. The normalized spacial score (nSPS) is 10.8. The predicted octanol–water partition coefficient (Wildman–Crippen LogP) is 0.334. The molecule has 0 aliphatic carbocycles. The van der Waals surface area contributed by atoms with Crippen molar-refractivity contribution in [1.82, 2.24) is 0 Å². The van der Waals surface area contributed by atoms with Crippen molar-refractivity contribution in [3.63, 3.8) is 0 Å². The van der Waals surface area contributed by atoms with Crippen molar-refractivity contribution < 1.29 is 23.8 Å². The Morgan fingerprint density at radius 2 is 2.15 bits per heavy atom. The van der Waals surface area contributed by atoms with Gasteiger partial charge < -0.3 is 14.2 Å². The van der Waals surface area contributed by atoms with Crippen LogP contribution in [0, 0.1) is 12.3 Å². The van der Waals surface area contributed by atoms with Gasteiger partial charge in [-0.25, -0.2) is 9.59 Å². The van der Waals surface area contributed by atoms with Gasteiger partial charge in [-0.1, -0.05) is 5.92 Å². The molecule has 0 aromatic heterocycles. The summed E-state index contributed by atoms with van der Waals surface area (Å²) in [5.41, 5.74) is 0. The van der Waals surface area contributed by atoms with E-state index < -0.39 is 18.2 Å². The van der Waals surface area contributed by atoms with Crippen molar-refractivity contribution in [2.45, 2.75) is 13.0 Å². The summed E-state index contributed by atoms with van der Waals surface area (Å²) in [4.78, 5) is 21.4. The number of esters is 1. The fourth-order valence-corrected chi connectivity index (χ4v) is 0.493. The summed E-state index contributed by atoms with van der Waals surface area (Å²) in [6, 6.07) is 0. The summed E-state index contributed by atoms with van der Waals surface area (Å²) in [6.07, 6.45) is 2.84. The van der Waals surface area contributed by atoms with E-state index in [0.29, 0.717) is 0 Å². The number of ether oxygens (including phenoxy) is 3. The van der Waals surface area contributed by atoms with E-state index >= 15 is 0 Å². The fraction of sp³-hybridized carbons (Fsp3) is 0.500. The maximum atomic E-state index is 10.7. The molecule has 0 heterocycles. The molecule has 72 valence electrons. The van der Waals surface area contributed by atoms with Crippen molar-refractivity contribution in [1.29, 1.82) is 0 Å². The Morgan fingerprint density at radius 1 is 1.54 bits per heavy atom. The van der Waals surface area contributed by atoms with Crippen molar-refractivity contribution in [2.24, 2.45) is 0 Å². The smallest absolute Gasteiger partial charge is 0.466 e. The van der Waals surface area contributed by atoms with Crippen molar-refractivity contribution in [2.75, 3.05) is 13.7 Å². The molecule has 0 bridgehead atoms. The van der Waals surface area contributed by atoms with Gasteiger partial charge in [-0.2, -0.15) is 0 Å². The minimum Gasteiger partial charge on any atom is -0.466 e. The molecule has 0 unspecified atom stereocenters. The fourth-order valence-electron chi connectivity index (χ4n) is 0.493. The van der Waals surface area contributed by atoms with Gasteiger partial charge >= 0.3 is 12.1 Å². The van der Waals surface area contributed by atoms with Crippen LogP contribution < -0.4 is 0 Å². The van der Waals surface area contributed by atoms with Gasteiger partial charge in [0.05, 0.1) is 7.11 Å². The lowest BCUT2D eigenvalue weighted by Gasteiger charge is -2.09. The molecule has 5 heteroatoms. The lowest BCUT2D eigenvalue weighted by molar-refractivity contribution is -0.150. The van der Waals surface area contributed by atoms with Crippen LogP contribution in [-0.2, 0) is 19.0 Å². The number of hydrogen-bond donors (Lipinski definition) is 0. The van der Waals surface area contributed by atoms with Crippen molar-refractivity contribution in [3.8, 4) is 12.3 Å². The number of terminal acetylenes is 1. The topological polar surface area (TPSA) is 61.8 Å². The molecule has 0 aliphatic rings. The molecule has 0 fully saturated rings. The van der Waals surface area contributed by atoms with Crippen LogP contribution in [0.3, 0.4) is 0 Å². The molecule has 0 radical (unpaired) electrons. The third kappa shape index (κ3) is 4.69. The van der Waals surface area contributed by atoms with E-state index in [1.807, 2.05) is 0 Å². The van der Waals surface area contributed by atoms with Crippen LogP contribution in [0.5, 0.6) is 0 Å². The summed E-state index contributed by atoms with van der Waals surface area (Å²) in [6.45, 7) is 1.18. The van der Waals surface area contributed by atoms with Gasteiger partial charge in [-0.05, 0) is 6.92 Å². The van der Waals surface area contributed by atoms with Crippen LogP contribution in [0.1, 0.15) is 6.92 Å². The molecule has 13 heavy (non-hydrogen) atoms. The van der Waals surface area contributed by atoms with Gasteiger partial charge in [0.2, 0.25) is 0 Å². The van der Waals surface area contributed by atoms with Crippen LogP contribution in [0.15, 0.2) is 0 Å². The van der Waals surface area contributed by atoms with E-state index in [-0.39, 0.29) is 6.61 Å². The highest BCUT2D eigenvalue weighted by molar-refractivity contribution is 5.76. The second-order valence-electron chi connectivity index (χ2n) is 2.03. The number of methoxy groups -OCH3 is 1. The lowest BCUT2D eigenvalue weighted by atomic mass is 10.4.